The zero-order valence-corrected chi connectivity index (χ0v) is 14.6. The molecule has 1 amide bonds. The molecular formula is C17H33N3O2. The topological polar surface area (TPSA) is 36.0 Å². The predicted octanol–water partition coefficient (Wildman–Crippen LogP) is 1.43. The van der Waals surface area contributed by atoms with E-state index in [-0.39, 0.29) is 0 Å². The number of piperidine rings is 1. The first-order chi connectivity index (χ1) is 10.6. The van der Waals surface area contributed by atoms with Crippen molar-refractivity contribution >= 4 is 5.91 Å². The number of piperazine rings is 1. The number of hydrogen-bond donors (Lipinski definition) is 0. The van der Waals surface area contributed by atoms with E-state index in [1.54, 1.807) is 0 Å². The Kier molecular flexibility index (Phi) is 7.12. The van der Waals surface area contributed by atoms with Gasteiger partial charge < -0.3 is 9.64 Å². The summed E-state index contributed by atoms with van der Waals surface area (Å²) in [6, 6.07) is 0.427. The molecule has 2 fully saturated rings. The lowest BCUT2D eigenvalue weighted by Gasteiger charge is -2.38. The summed E-state index contributed by atoms with van der Waals surface area (Å²) < 4.78 is 5.61. The van der Waals surface area contributed by atoms with Crippen molar-refractivity contribution in [2.45, 2.75) is 52.2 Å². The van der Waals surface area contributed by atoms with Gasteiger partial charge >= 0.3 is 0 Å². The van der Waals surface area contributed by atoms with Gasteiger partial charge in [0, 0.05) is 45.3 Å². The molecule has 0 spiro atoms. The summed E-state index contributed by atoms with van der Waals surface area (Å²) in [5, 5.41) is 0. The zero-order chi connectivity index (χ0) is 15.9. The van der Waals surface area contributed by atoms with Gasteiger partial charge in [0.2, 0.25) is 5.91 Å². The lowest BCUT2D eigenvalue weighted by Crippen LogP contribution is -2.52. The standard InChI is InChI=1S/C17H33N3O2/c1-15(2)22-13-12-18-8-10-19(11-9-18)14-17(21)20-7-5-4-6-16(20)3/h15-16H,4-14H2,1-3H3. The molecule has 0 aromatic rings. The fraction of sp³-hybridized carbons (Fsp3) is 0.941. The summed E-state index contributed by atoms with van der Waals surface area (Å²) in [7, 11) is 0. The molecule has 0 radical (unpaired) electrons. The van der Waals surface area contributed by atoms with Crippen LogP contribution in [-0.4, -0.2) is 85.2 Å². The maximum Gasteiger partial charge on any atom is 0.236 e. The molecule has 1 atom stereocenters. The Balaban J connectivity index is 1.65. The minimum absolute atomic E-state index is 0.311. The SMILES string of the molecule is CC(C)OCCN1CCN(CC(=O)N2CCCCC2C)CC1. The second-order valence-corrected chi connectivity index (χ2v) is 6.97. The van der Waals surface area contributed by atoms with Crippen molar-refractivity contribution in [2.24, 2.45) is 0 Å². The smallest absolute Gasteiger partial charge is 0.236 e. The number of hydrogen-bond acceptors (Lipinski definition) is 4. The molecule has 2 heterocycles. The van der Waals surface area contributed by atoms with E-state index in [0.717, 1.165) is 52.3 Å². The Hall–Kier alpha value is -0.650. The summed E-state index contributed by atoms with van der Waals surface area (Å²) in [5.41, 5.74) is 0. The first-order valence-corrected chi connectivity index (χ1v) is 8.92. The van der Waals surface area contributed by atoms with Crippen LogP contribution in [0.1, 0.15) is 40.0 Å². The molecule has 5 nitrogen and oxygen atoms in total. The first-order valence-electron chi connectivity index (χ1n) is 8.92. The van der Waals surface area contributed by atoms with Crippen molar-refractivity contribution in [1.29, 1.82) is 0 Å². The molecule has 0 bridgehead atoms. The summed E-state index contributed by atoms with van der Waals surface area (Å²) >= 11 is 0. The van der Waals surface area contributed by atoms with Gasteiger partial charge in [-0.1, -0.05) is 0 Å². The van der Waals surface area contributed by atoms with E-state index >= 15 is 0 Å². The van der Waals surface area contributed by atoms with Crippen LogP contribution in [0.4, 0.5) is 0 Å². The molecule has 2 aliphatic rings. The van der Waals surface area contributed by atoms with Crippen LogP contribution in [0.2, 0.25) is 0 Å². The van der Waals surface area contributed by atoms with E-state index in [2.05, 4.69) is 35.5 Å². The van der Waals surface area contributed by atoms with Crippen molar-refractivity contribution in [3.63, 3.8) is 0 Å². The summed E-state index contributed by atoms with van der Waals surface area (Å²) in [4.78, 5) is 19.3. The van der Waals surface area contributed by atoms with Crippen LogP contribution >= 0.6 is 0 Å². The average Bonchev–Trinajstić information content (AvgIpc) is 2.49. The van der Waals surface area contributed by atoms with E-state index in [1.807, 2.05) is 0 Å². The molecular weight excluding hydrogens is 278 g/mol. The minimum Gasteiger partial charge on any atom is -0.377 e. The first kappa shape index (κ1) is 17.7. The lowest BCUT2D eigenvalue weighted by molar-refractivity contribution is -0.136. The van der Waals surface area contributed by atoms with Gasteiger partial charge in [0.05, 0.1) is 19.3 Å². The van der Waals surface area contributed by atoms with Crippen LogP contribution in [0.5, 0.6) is 0 Å². The van der Waals surface area contributed by atoms with Crippen molar-refractivity contribution in [1.82, 2.24) is 14.7 Å². The number of likely N-dealkylation sites (tertiary alicyclic amines) is 1. The molecule has 0 saturated carbocycles. The van der Waals surface area contributed by atoms with E-state index < -0.39 is 0 Å². The molecule has 2 rings (SSSR count). The molecule has 22 heavy (non-hydrogen) atoms. The highest BCUT2D eigenvalue weighted by Crippen LogP contribution is 2.16. The molecule has 2 saturated heterocycles. The number of carbonyl (C=O) groups excluding carboxylic acids is 1. The van der Waals surface area contributed by atoms with Crippen molar-refractivity contribution in [3.05, 3.63) is 0 Å². The van der Waals surface area contributed by atoms with Crippen LogP contribution in [0, 0.1) is 0 Å². The van der Waals surface area contributed by atoms with Crippen LogP contribution in [0.15, 0.2) is 0 Å². The number of carbonyl (C=O) groups is 1. The van der Waals surface area contributed by atoms with E-state index in [9.17, 15) is 4.79 Å². The summed E-state index contributed by atoms with van der Waals surface area (Å²) in [6.07, 6.45) is 3.90. The van der Waals surface area contributed by atoms with Crippen LogP contribution in [0.25, 0.3) is 0 Å². The van der Waals surface area contributed by atoms with E-state index in [4.69, 9.17) is 4.74 Å². The fourth-order valence-corrected chi connectivity index (χ4v) is 3.34. The normalized spacial score (nSPS) is 24.9. The Morgan fingerprint density at radius 1 is 1.09 bits per heavy atom. The third-order valence-corrected chi connectivity index (χ3v) is 4.81. The van der Waals surface area contributed by atoms with Gasteiger partial charge in [-0.3, -0.25) is 14.6 Å². The van der Waals surface area contributed by atoms with Gasteiger partial charge in [0.1, 0.15) is 0 Å². The van der Waals surface area contributed by atoms with Crippen molar-refractivity contribution in [3.8, 4) is 0 Å². The Morgan fingerprint density at radius 3 is 2.41 bits per heavy atom. The molecule has 0 aromatic heterocycles. The van der Waals surface area contributed by atoms with Crippen molar-refractivity contribution in [2.75, 3.05) is 52.4 Å². The maximum absolute atomic E-state index is 12.5. The molecule has 0 N–H and O–H groups in total. The van der Waals surface area contributed by atoms with Crippen LogP contribution < -0.4 is 0 Å². The van der Waals surface area contributed by atoms with Gasteiger partial charge in [-0.15, -0.1) is 0 Å². The minimum atomic E-state index is 0.311. The lowest BCUT2D eigenvalue weighted by atomic mass is 10.0. The highest BCUT2D eigenvalue weighted by atomic mass is 16.5. The average molecular weight is 311 g/mol. The van der Waals surface area contributed by atoms with Gasteiger partial charge in [0.15, 0.2) is 0 Å². The second kappa shape index (κ2) is 8.85. The molecule has 128 valence electrons. The third-order valence-electron chi connectivity index (χ3n) is 4.81. The highest BCUT2D eigenvalue weighted by Gasteiger charge is 2.26. The quantitative estimate of drug-likeness (QED) is 0.743. The fourth-order valence-electron chi connectivity index (χ4n) is 3.34. The number of nitrogens with zero attached hydrogens (tertiary/aromatic N) is 3. The van der Waals surface area contributed by atoms with Gasteiger partial charge in [0.25, 0.3) is 0 Å². The van der Waals surface area contributed by atoms with Gasteiger partial charge in [-0.2, -0.15) is 0 Å². The Labute approximate surface area is 135 Å². The Morgan fingerprint density at radius 2 is 1.77 bits per heavy atom. The van der Waals surface area contributed by atoms with Gasteiger partial charge in [-0.25, -0.2) is 0 Å². The molecule has 0 aliphatic carbocycles. The molecule has 0 aromatic carbocycles. The monoisotopic (exact) mass is 311 g/mol. The third kappa shape index (κ3) is 5.52. The van der Waals surface area contributed by atoms with E-state index in [1.165, 1.54) is 12.8 Å². The largest absolute Gasteiger partial charge is 0.377 e. The zero-order valence-electron chi connectivity index (χ0n) is 14.6. The number of rotatable bonds is 6. The maximum atomic E-state index is 12.5. The molecule has 5 heteroatoms. The van der Waals surface area contributed by atoms with Gasteiger partial charge in [-0.05, 0) is 40.0 Å². The molecule has 1 unspecified atom stereocenters. The van der Waals surface area contributed by atoms with E-state index in [0.29, 0.717) is 24.6 Å². The summed E-state index contributed by atoms with van der Waals surface area (Å²) in [6.45, 7) is 13.8. The molecule has 2 aliphatic heterocycles. The Bertz CT molecular complexity index is 341. The second-order valence-electron chi connectivity index (χ2n) is 6.97. The predicted molar refractivity (Wildman–Crippen MR) is 89.0 cm³/mol. The number of amides is 1. The number of ether oxygens (including phenoxy) is 1. The van der Waals surface area contributed by atoms with Crippen LogP contribution in [-0.2, 0) is 9.53 Å². The summed E-state index contributed by atoms with van der Waals surface area (Å²) in [5.74, 6) is 0.323. The highest BCUT2D eigenvalue weighted by molar-refractivity contribution is 5.78. The van der Waals surface area contributed by atoms with Crippen LogP contribution in [0.3, 0.4) is 0 Å². The van der Waals surface area contributed by atoms with Crippen molar-refractivity contribution < 1.29 is 9.53 Å².